The lowest BCUT2D eigenvalue weighted by atomic mass is 10.1. The Morgan fingerprint density at radius 3 is 2.13 bits per heavy atom. The van der Waals surface area contributed by atoms with Crippen molar-refractivity contribution in [3.05, 3.63) is 94.7 Å². The topological polar surface area (TPSA) is 86.8 Å². The van der Waals surface area contributed by atoms with Gasteiger partial charge in [0.25, 0.3) is 10.0 Å². The van der Waals surface area contributed by atoms with Gasteiger partial charge in [0.05, 0.1) is 10.6 Å². The van der Waals surface area contributed by atoms with Crippen LogP contribution in [0.15, 0.2) is 88.2 Å². The number of hydrogen-bond acceptors (Lipinski definition) is 4. The minimum Gasteiger partial charge on any atom is -0.352 e. The molecule has 1 N–H and O–H groups in total. The minimum absolute atomic E-state index is 0.0887. The second-order valence-electron chi connectivity index (χ2n) is 8.94. The van der Waals surface area contributed by atoms with Crippen LogP contribution < -0.4 is 9.62 Å². The summed E-state index contributed by atoms with van der Waals surface area (Å²) < 4.78 is 42.6. The molecule has 0 aromatic heterocycles. The van der Waals surface area contributed by atoms with Gasteiger partial charge in [-0.2, -0.15) is 0 Å². The molecule has 0 saturated carbocycles. The van der Waals surface area contributed by atoms with Crippen LogP contribution in [-0.2, 0) is 26.2 Å². The minimum atomic E-state index is -4.23. The van der Waals surface area contributed by atoms with Crippen LogP contribution in [0, 0.1) is 5.82 Å². The van der Waals surface area contributed by atoms with E-state index in [2.05, 4.69) is 21.2 Å². The summed E-state index contributed by atoms with van der Waals surface area (Å²) in [6.45, 7) is 4.98. The van der Waals surface area contributed by atoms with Gasteiger partial charge in [0.15, 0.2) is 0 Å². The van der Waals surface area contributed by atoms with E-state index in [-0.39, 0.29) is 29.1 Å². The lowest BCUT2D eigenvalue weighted by molar-refractivity contribution is -0.139. The van der Waals surface area contributed by atoms with Crippen molar-refractivity contribution in [2.24, 2.45) is 0 Å². The van der Waals surface area contributed by atoms with Crippen LogP contribution in [0.5, 0.6) is 0 Å². The summed E-state index contributed by atoms with van der Waals surface area (Å²) in [5.74, 6) is -1.47. The van der Waals surface area contributed by atoms with Gasteiger partial charge in [0.2, 0.25) is 11.8 Å². The molecule has 38 heavy (non-hydrogen) atoms. The van der Waals surface area contributed by atoms with E-state index in [4.69, 9.17) is 0 Å². The van der Waals surface area contributed by atoms with Crippen molar-refractivity contribution in [3.63, 3.8) is 0 Å². The highest BCUT2D eigenvalue weighted by Gasteiger charge is 2.32. The molecule has 2 atom stereocenters. The third kappa shape index (κ3) is 7.41. The Balaban J connectivity index is 1.99. The molecule has 0 saturated heterocycles. The Kier molecular flexibility index (Phi) is 10.0. The maximum atomic E-state index is 13.8. The van der Waals surface area contributed by atoms with Gasteiger partial charge in [-0.15, -0.1) is 0 Å². The van der Waals surface area contributed by atoms with Gasteiger partial charge < -0.3 is 10.2 Å². The van der Waals surface area contributed by atoms with Crippen molar-refractivity contribution in [3.8, 4) is 0 Å². The van der Waals surface area contributed by atoms with Crippen LogP contribution in [0.1, 0.15) is 32.8 Å². The summed E-state index contributed by atoms with van der Waals surface area (Å²) in [5.41, 5.74) is 1.04. The number of carbonyl (C=O) groups is 2. The first-order valence-corrected chi connectivity index (χ1v) is 14.4. The van der Waals surface area contributed by atoms with Crippen molar-refractivity contribution in [2.45, 2.75) is 50.7 Å². The van der Waals surface area contributed by atoms with Gasteiger partial charge >= 0.3 is 0 Å². The maximum Gasteiger partial charge on any atom is 0.264 e. The van der Waals surface area contributed by atoms with Crippen molar-refractivity contribution in [2.75, 3.05) is 10.8 Å². The number of anilines is 1. The molecule has 7 nitrogen and oxygen atoms in total. The third-order valence-corrected chi connectivity index (χ3v) is 8.48. The summed E-state index contributed by atoms with van der Waals surface area (Å²) in [5, 5.41) is 2.90. The van der Waals surface area contributed by atoms with Crippen molar-refractivity contribution < 1.29 is 22.4 Å². The molecule has 0 heterocycles. The van der Waals surface area contributed by atoms with Gasteiger partial charge in [-0.3, -0.25) is 13.9 Å². The van der Waals surface area contributed by atoms with Crippen LogP contribution in [0.3, 0.4) is 0 Å². The van der Waals surface area contributed by atoms with Gasteiger partial charge in [-0.25, -0.2) is 12.8 Å². The smallest absolute Gasteiger partial charge is 0.264 e. The van der Waals surface area contributed by atoms with E-state index in [1.54, 1.807) is 37.3 Å². The van der Waals surface area contributed by atoms with Crippen LogP contribution >= 0.6 is 15.9 Å². The first-order chi connectivity index (χ1) is 18.0. The van der Waals surface area contributed by atoms with E-state index in [0.29, 0.717) is 0 Å². The predicted molar refractivity (Wildman–Crippen MR) is 149 cm³/mol. The summed E-state index contributed by atoms with van der Waals surface area (Å²) in [7, 11) is -4.23. The molecule has 0 aliphatic rings. The number of rotatable bonds is 11. The van der Waals surface area contributed by atoms with E-state index >= 15 is 0 Å². The quantitative estimate of drug-likeness (QED) is 0.330. The number of halogens is 2. The third-order valence-electron chi connectivity index (χ3n) is 6.16. The van der Waals surface area contributed by atoms with Gasteiger partial charge in [0.1, 0.15) is 18.4 Å². The molecule has 3 rings (SSSR count). The fraction of sp³-hybridized carbons (Fsp3) is 0.286. The number of carbonyl (C=O) groups excluding carboxylic acids is 2. The molecule has 0 aliphatic heterocycles. The highest BCUT2D eigenvalue weighted by atomic mass is 79.9. The largest absolute Gasteiger partial charge is 0.352 e. The Bertz CT molecular complexity index is 1340. The molecule has 202 valence electrons. The first kappa shape index (κ1) is 29.3. The lowest BCUT2D eigenvalue weighted by Crippen LogP contribution is -2.52. The van der Waals surface area contributed by atoms with E-state index in [1.165, 1.54) is 4.90 Å². The van der Waals surface area contributed by atoms with Gasteiger partial charge in [-0.05, 0) is 74.4 Å². The molecule has 3 aromatic rings. The standard InChI is InChI=1S/C28H31BrFN3O4S/c1-4-20(2)31-28(35)21(3)32(18-22-10-12-23(29)13-11-22)27(34)19-33(25-8-6-5-7-9-25)38(36,37)26-16-14-24(30)15-17-26/h5-17,20-21H,4,18-19H2,1-3H3,(H,31,35)/t20-,21+/m0/s1. The van der Waals surface area contributed by atoms with Crippen LogP contribution in [0.25, 0.3) is 0 Å². The van der Waals surface area contributed by atoms with Crippen LogP contribution in [0.4, 0.5) is 10.1 Å². The van der Waals surface area contributed by atoms with Gasteiger partial charge in [-0.1, -0.05) is 53.2 Å². The highest BCUT2D eigenvalue weighted by Crippen LogP contribution is 2.25. The number of amides is 2. The van der Waals surface area contributed by atoms with Crippen LogP contribution in [0.2, 0.25) is 0 Å². The molecule has 2 amide bonds. The van der Waals surface area contributed by atoms with Crippen molar-refractivity contribution in [1.29, 1.82) is 0 Å². The number of nitrogens with one attached hydrogen (secondary N) is 1. The Labute approximate surface area is 231 Å². The summed E-state index contributed by atoms with van der Waals surface area (Å²) in [6.07, 6.45) is 0.719. The average molecular weight is 605 g/mol. The van der Waals surface area contributed by atoms with Crippen molar-refractivity contribution in [1.82, 2.24) is 10.2 Å². The second-order valence-corrected chi connectivity index (χ2v) is 11.7. The number of hydrogen-bond donors (Lipinski definition) is 1. The zero-order valence-corrected chi connectivity index (χ0v) is 23.9. The van der Waals surface area contributed by atoms with Crippen LogP contribution in [-0.4, -0.2) is 43.8 Å². The zero-order chi connectivity index (χ0) is 27.9. The molecule has 0 bridgehead atoms. The lowest BCUT2D eigenvalue weighted by Gasteiger charge is -2.32. The number of para-hydroxylation sites is 1. The maximum absolute atomic E-state index is 13.8. The fourth-order valence-corrected chi connectivity index (χ4v) is 5.37. The average Bonchev–Trinajstić information content (AvgIpc) is 2.91. The molecular weight excluding hydrogens is 573 g/mol. The molecule has 0 spiro atoms. The van der Waals surface area contributed by atoms with Gasteiger partial charge in [0, 0.05) is 17.1 Å². The fourth-order valence-electron chi connectivity index (χ4n) is 3.69. The van der Waals surface area contributed by atoms with E-state index in [1.807, 2.05) is 38.1 Å². The molecule has 0 aliphatic carbocycles. The SMILES string of the molecule is CC[C@H](C)NC(=O)[C@@H](C)N(Cc1ccc(Br)cc1)C(=O)CN(c1ccccc1)S(=O)(=O)c1ccc(F)cc1. The molecule has 3 aromatic carbocycles. The Hall–Kier alpha value is -3.24. The molecular formula is C28H31BrFN3O4S. The highest BCUT2D eigenvalue weighted by molar-refractivity contribution is 9.10. The predicted octanol–water partition coefficient (Wildman–Crippen LogP) is 5.12. The Morgan fingerprint density at radius 1 is 0.947 bits per heavy atom. The number of sulfonamides is 1. The van der Waals surface area contributed by atoms with Crippen molar-refractivity contribution >= 4 is 43.5 Å². The number of nitrogens with zero attached hydrogens (tertiary/aromatic N) is 2. The Morgan fingerprint density at radius 2 is 1.55 bits per heavy atom. The monoisotopic (exact) mass is 603 g/mol. The molecule has 10 heteroatoms. The van der Waals surface area contributed by atoms with E-state index in [0.717, 1.165) is 45.0 Å². The molecule has 0 radical (unpaired) electrons. The second kappa shape index (κ2) is 13.0. The summed E-state index contributed by atoms with van der Waals surface area (Å²) >= 11 is 3.39. The van der Waals surface area contributed by atoms with E-state index in [9.17, 15) is 22.4 Å². The molecule has 0 unspecified atom stereocenters. The molecule has 0 fully saturated rings. The normalized spacial score (nSPS) is 12.9. The zero-order valence-electron chi connectivity index (χ0n) is 21.5. The first-order valence-electron chi connectivity index (χ1n) is 12.2. The number of benzene rings is 3. The summed E-state index contributed by atoms with van der Waals surface area (Å²) in [6, 6.07) is 19.0. The van der Waals surface area contributed by atoms with E-state index < -0.39 is 34.3 Å². The summed E-state index contributed by atoms with van der Waals surface area (Å²) in [4.78, 5) is 28.0.